The Labute approximate surface area is 360 Å². The number of aliphatic hydroxyl groups is 11. The van der Waals surface area contributed by atoms with E-state index >= 15 is 0 Å². The molecule has 0 bridgehead atoms. The zero-order chi connectivity index (χ0) is 44.9. The van der Waals surface area contributed by atoms with Crippen LogP contribution in [0.3, 0.4) is 0 Å². The molecule has 360 valence electrons. The highest BCUT2D eigenvalue weighted by molar-refractivity contribution is 5.76. The second-order valence-corrected chi connectivity index (χ2v) is 16.9. The largest absolute Gasteiger partial charge is 0.394 e. The summed E-state index contributed by atoms with van der Waals surface area (Å²) in [5.41, 5.74) is 0. The van der Waals surface area contributed by atoms with Gasteiger partial charge in [-0.3, -0.25) is 4.79 Å². The van der Waals surface area contributed by atoms with Crippen molar-refractivity contribution in [2.45, 2.75) is 234 Å². The molecule has 0 aromatic heterocycles. The Hall–Kier alpha value is -1.21. The normalized spacial score (nSPS) is 35.5. The lowest BCUT2D eigenvalue weighted by atomic mass is 9.96. The fourth-order valence-corrected chi connectivity index (χ4v) is 8.02. The number of nitrogens with one attached hydrogen (secondary N) is 1. The van der Waals surface area contributed by atoms with Crippen molar-refractivity contribution in [3.8, 4) is 0 Å². The van der Waals surface area contributed by atoms with Crippen molar-refractivity contribution in [3.05, 3.63) is 0 Å². The van der Waals surface area contributed by atoms with Crippen molar-refractivity contribution < 1.29 is 89.4 Å². The molecule has 0 radical (unpaired) electrons. The van der Waals surface area contributed by atoms with Crippen LogP contribution in [0.2, 0.25) is 0 Å². The molecule has 3 aliphatic rings. The van der Waals surface area contributed by atoms with Crippen LogP contribution in [0.25, 0.3) is 0 Å². The molecular formula is C42H79NO18. The van der Waals surface area contributed by atoms with E-state index in [9.17, 15) is 61.0 Å². The van der Waals surface area contributed by atoms with Gasteiger partial charge in [0.25, 0.3) is 0 Å². The van der Waals surface area contributed by atoms with Crippen molar-refractivity contribution >= 4 is 5.91 Å². The summed E-state index contributed by atoms with van der Waals surface area (Å²) in [6.07, 6.45) is -8.57. The van der Waals surface area contributed by atoms with E-state index in [4.69, 9.17) is 28.4 Å². The van der Waals surface area contributed by atoms with E-state index in [2.05, 4.69) is 19.2 Å². The summed E-state index contributed by atoms with van der Waals surface area (Å²) in [5, 5.41) is 119. The van der Waals surface area contributed by atoms with Crippen LogP contribution < -0.4 is 5.32 Å². The van der Waals surface area contributed by atoms with Gasteiger partial charge in [0, 0.05) is 6.42 Å². The molecule has 3 heterocycles. The summed E-state index contributed by atoms with van der Waals surface area (Å²) in [5.74, 6) is -0.253. The Kier molecular flexibility index (Phi) is 26.0. The standard InChI is InChI=1S/C42H79NO18/c1-3-5-7-9-11-12-13-14-16-18-20-30(48)43-25(26(47)19-17-15-10-8-6-4-2)24-56-40-36(54)33(51)38(28(22-45)58-40)61-42-37(55)34(52)39(29(23-46)59-42)60-41-35(53)32(50)31(49)27(21-44)57-41/h25-29,31-42,44-47,49-55H,3-24H2,1-2H3,(H,43,48). The highest BCUT2D eigenvalue weighted by Crippen LogP contribution is 2.33. The first-order chi connectivity index (χ1) is 29.3. The maximum Gasteiger partial charge on any atom is 0.220 e. The zero-order valence-corrected chi connectivity index (χ0v) is 36.1. The fourth-order valence-electron chi connectivity index (χ4n) is 8.02. The van der Waals surface area contributed by atoms with Gasteiger partial charge >= 0.3 is 0 Å². The second-order valence-electron chi connectivity index (χ2n) is 16.9. The predicted octanol–water partition coefficient (Wildman–Crippen LogP) is -0.641. The molecule has 61 heavy (non-hydrogen) atoms. The number of amides is 1. The Morgan fingerprint density at radius 1 is 0.525 bits per heavy atom. The molecule has 12 N–H and O–H groups in total. The highest BCUT2D eigenvalue weighted by Gasteiger charge is 2.53. The summed E-state index contributed by atoms with van der Waals surface area (Å²) in [4.78, 5) is 13.1. The summed E-state index contributed by atoms with van der Waals surface area (Å²) in [7, 11) is 0. The molecule has 1 amide bonds. The van der Waals surface area contributed by atoms with Crippen molar-refractivity contribution in [1.82, 2.24) is 5.32 Å². The maximum atomic E-state index is 13.1. The minimum Gasteiger partial charge on any atom is -0.394 e. The van der Waals surface area contributed by atoms with E-state index < -0.39 is 124 Å². The first-order valence-corrected chi connectivity index (χ1v) is 22.8. The van der Waals surface area contributed by atoms with Crippen LogP contribution in [0.15, 0.2) is 0 Å². The lowest BCUT2D eigenvalue weighted by molar-refractivity contribution is -0.379. The molecule has 17 unspecified atom stereocenters. The molecule has 3 saturated heterocycles. The van der Waals surface area contributed by atoms with Gasteiger partial charge in [0.05, 0.1) is 38.6 Å². The Morgan fingerprint density at radius 3 is 1.43 bits per heavy atom. The van der Waals surface area contributed by atoms with Crippen molar-refractivity contribution in [1.29, 1.82) is 0 Å². The van der Waals surface area contributed by atoms with E-state index in [1.807, 2.05) is 0 Å². The number of aliphatic hydroxyl groups excluding tert-OH is 11. The second kappa shape index (κ2) is 29.4. The molecule has 0 aliphatic carbocycles. The van der Waals surface area contributed by atoms with Gasteiger partial charge in [0.2, 0.25) is 5.91 Å². The van der Waals surface area contributed by atoms with Crippen LogP contribution in [0.1, 0.15) is 129 Å². The summed E-state index contributed by atoms with van der Waals surface area (Å²) >= 11 is 0. The van der Waals surface area contributed by atoms with E-state index in [1.54, 1.807) is 0 Å². The third-order valence-electron chi connectivity index (χ3n) is 11.9. The Morgan fingerprint density at radius 2 is 0.934 bits per heavy atom. The predicted molar refractivity (Wildman–Crippen MR) is 217 cm³/mol. The average molecular weight is 886 g/mol. The van der Waals surface area contributed by atoms with Crippen molar-refractivity contribution in [2.75, 3.05) is 26.4 Å². The number of rotatable bonds is 30. The molecule has 17 atom stereocenters. The third kappa shape index (κ3) is 16.9. The van der Waals surface area contributed by atoms with E-state index in [0.29, 0.717) is 12.8 Å². The van der Waals surface area contributed by atoms with Gasteiger partial charge in [-0.05, 0) is 12.8 Å². The molecule has 0 aromatic carbocycles. The summed E-state index contributed by atoms with van der Waals surface area (Å²) in [6, 6.07) is -0.874. The fraction of sp³-hybridized carbons (Fsp3) is 0.976. The Balaban J connectivity index is 1.58. The molecule has 3 fully saturated rings. The van der Waals surface area contributed by atoms with Crippen LogP contribution in [-0.4, -0.2) is 193 Å². The molecule has 19 nitrogen and oxygen atoms in total. The molecule has 3 rings (SSSR count). The minimum absolute atomic E-state index is 0.253. The SMILES string of the molecule is CCCCCCCCCCCCC(=O)NC(COC1OC(CO)C(OC2OC(CO)C(OC3OC(CO)C(O)C(O)C3O)C(O)C2O)C(O)C1O)C(O)CCCCCCCC. The summed E-state index contributed by atoms with van der Waals surface area (Å²) < 4.78 is 33.9. The van der Waals surface area contributed by atoms with Gasteiger partial charge in [-0.25, -0.2) is 0 Å². The number of hydrogen-bond donors (Lipinski definition) is 12. The first-order valence-electron chi connectivity index (χ1n) is 22.8. The molecular weight excluding hydrogens is 806 g/mol. The zero-order valence-electron chi connectivity index (χ0n) is 36.1. The van der Waals surface area contributed by atoms with E-state index in [-0.39, 0.29) is 18.9 Å². The Bertz CT molecular complexity index is 1160. The quantitative estimate of drug-likeness (QED) is 0.0399. The van der Waals surface area contributed by atoms with Gasteiger partial charge in [-0.1, -0.05) is 110 Å². The van der Waals surface area contributed by atoms with Gasteiger partial charge < -0.3 is 89.9 Å². The lowest BCUT2D eigenvalue weighted by Crippen LogP contribution is -2.66. The van der Waals surface area contributed by atoms with Crippen LogP contribution in [0.4, 0.5) is 0 Å². The summed E-state index contributed by atoms with van der Waals surface area (Å²) in [6.45, 7) is 1.64. The number of carbonyl (C=O) groups excluding carboxylic acids is 1. The molecule has 0 aromatic rings. The number of ether oxygens (including phenoxy) is 6. The average Bonchev–Trinajstić information content (AvgIpc) is 3.25. The van der Waals surface area contributed by atoms with E-state index in [0.717, 1.165) is 57.8 Å². The van der Waals surface area contributed by atoms with Gasteiger partial charge in [0.1, 0.15) is 73.2 Å². The monoisotopic (exact) mass is 886 g/mol. The smallest absolute Gasteiger partial charge is 0.220 e. The number of hydrogen-bond acceptors (Lipinski definition) is 18. The molecule has 0 spiro atoms. The first kappa shape index (κ1) is 54.1. The molecule has 3 aliphatic heterocycles. The van der Waals surface area contributed by atoms with Crippen LogP contribution in [-0.2, 0) is 33.2 Å². The van der Waals surface area contributed by atoms with Crippen molar-refractivity contribution in [3.63, 3.8) is 0 Å². The topological polar surface area (TPSA) is 307 Å². The van der Waals surface area contributed by atoms with Crippen molar-refractivity contribution in [2.24, 2.45) is 0 Å². The third-order valence-corrected chi connectivity index (χ3v) is 11.9. The minimum atomic E-state index is -1.96. The van der Waals surface area contributed by atoms with E-state index in [1.165, 1.54) is 38.5 Å². The van der Waals surface area contributed by atoms with Gasteiger partial charge in [0.15, 0.2) is 18.9 Å². The molecule has 0 saturated carbocycles. The van der Waals surface area contributed by atoms with Crippen LogP contribution in [0.5, 0.6) is 0 Å². The maximum absolute atomic E-state index is 13.1. The van der Waals surface area contributed by atoms with Crippen LogP contribution in [0, 0.1) is 0 Å². The number of unbranched alkanes of at least 4 members (excludes halogenated alkanes) is 14. The highest BCUT2D eigenvalue weighted by atomic mass is 16.8. The molecule has 19 heteroatoms. The lowest BCUT2D eigenvalue weighted by Gasteiger charge is -2.48. The van der Waals surface area contributed by atoms with Gasteiger partial charge in [-0.2, -0.15) is 0 Å². The van der Waals surface area contributed by atoms with Gasteiger partial charge in [-0.15, -0.1) is 0 Å². The number of carbonyl (C=O) groups is 1. The van der Waals surface area contributed by atoms with Crippen LogP contribution >= 0.6 is 0 Å².